The van der Waals surface area contributed by atoms with Crippen molar-refractivity contribution in [3.63, 3.8) is 0 Å². The fraction of sp³-hybridized carbons (Fsp3) is 1.00. The second kappa shape index (κ2) is 4.75. The Bertz CT molecular complexity index is 232. The van der Waals surface area contributed by atoms with Crippen LogP contribution in [0.1, 0.15) is 19.8 Å². The van der Waals surface area contributed by atoms with E-state index in [0.717, 1.165) is 0 Å². The zero-order valence-corrected chi connectivity index (χ0v) is 8.41. The van der Waals surface area contributed by atoms with Crippen molar-refractivity contribution < 1.29 is 14.1 Å². The SMILES string of the molecule is CCCC[PH]([N+](=O)[O-])([N+](=O)[O-])[N+](=O)[O-]. The number of unbranched alkanes of at least 4 members (excludes halogenated alkanes) is 1. The number of nitrogens with zero attached hydrogens (tertiary/aromatic N) is 3. The fourth-order valence-electron chi connectivity index (χ4n) is 0.888. The van der Waals surface area contributed by atoms with Gasteiger partial charge < -0.3 is 0 Å². The fourth-order valence-corrected chi connectivity index (χ4v) is 2.66. The molecule has 0 radical (unpaired) electrons. The van der Waals surface area contributed by atoms with Crippen LogP contribution in [-0.4, -0.2) is 20.2 Å². The number of nitro groups is 3. The van der Waals surface area contributed by atoms with Crippen LogP contribution in [0.3, 0.4) is 0 Å². The number of hydrogen-bond acceptors (Lipinski definition) is 6. The zero-order valence-electron chi connectivity index (χ0n) is 7.41. The molecule has 0 unspecified atom stereocenters. The molecule has 0 aromatic heterocycles. The van der Waals surface area contributed by atoms with Crippen LogP contribution in [0.2, 0.25) is 0 Å². The van der Waals surface area contributed by atoms with Crippen LogP contribution in [0.25, 0.3) is 0 Å². The van der Waals surface area contributed by atoms with E-state index in [1.807, 2.05) is 0 Å². The van der Waals surface area contributed by atoms with E-state index in [2.05, 4.69) is 0 Å². The number of rotatable bonds is 6. The van der Waals surface area contributed by atoms with Crippen LogP contribution in [0.5, 0.6) is 0 Å². The van der Waals surface area contributed by atoms with E-state index in [0.29, 0.717) is 6.42 Å². The summed E-state index contributed by atoms with van der Waals surface area (Å²) in [5.41, 5.74) is 0. The Balaban J connectivity index is 5.06. The summed E-state index contributed by atoms with van der Waals surface area (Å²) in [4.78, 5) is 31.2. The van der Waals surface area contributed by atoms with Crippen molar-refractivity contribution >= 4 is 7.71 Å². The molecule has 0 saturated carbocycles. The summed E-state index contributed by atoms with van der Waals surface area (Å²) >= 11 is 0. The summed E-state index contributed by atoms with van der Waals surface area (Å²) in [5, 5.41) is 31.2. The van der Waals surface area contributed by atoms with Gasteiger partial charge in [-0.2, -0.15) is 0 Å². The van der Waals surface area contributed by atoms with Crippen LogP contribution >= 0.6 is 7.71 Å². The summed E-state index contributed by atoms with van der Waals surface area (Å²) in [5.74, 6) is 0. The Morgan fingerprint density at radius 2 is 1.36 bits per heavy atom. The Kier molecular flexibility index (Phi) is 4.29. The first-order valence-electron chi connectivity index (χ1n) is 3.83. The average Bonchev–Trinajstić information content (AvgIpc) is 2.03. The molecule has 0 aliphatic carbocycles. The molecule has 0 aromatic rings. The predicted octanol–water partition coefficient (Wildman–Crippen LogP) is 1.11. The van der Waals surface area contributed by atoms with Crippen molar-refractivity contribution in [2.75, 3.05) is 6.16 Å². The van der Waals surface area contributed by atoms with Crippen LogP contribution in [0.4, 0.5) is 0 Å². The van der Waals surface area contributed by atoms with Crippen molar-refractivity contribution in [1.82, 2.24) is 0 Å². The summed E-state index contributed by atoms with van der Waals surface area (Å²) in [6.45, 7) is 1.65. The van der Waals surface area contributed by atoms with Crippen molar-refractivity contribution in [1.29, 1.82) is 0 Å². The molecule has 0 rings (SSSR count). The third-order valence-electron chi connectivity index (χ3n) is 1.74. The molecule has 0 heterocycles. The van der Waals surface area contributed by atoms with Crippen LogP contribution < -0.4 is 0 Å². The van der Waals surface area contributed by atoms with E-state index in [4.69, 9.17) is 0 Å². The van der Waals surface area contributed by atoms with Crippen LogP contribution in [-0.2, 0) is 0 Å². The number of hydrogen-bond donors (Lipinski definition) is 0. The Morgan fingerprint density at radius 3 is 1.57 bits per heavy atom. The summed E-state index contributed by atoms with van der Waals surface area (Å²) in [6, 6.07) is 0. The summed E-state index contributed by atoms with van der Waals surface area (Å²) in [6.07, 6.45) is 0.00985. The monoisotopic (exact) mass is 227 g/mol. The first-order valence-corrected chi connectivity index (χ1v) is 5.88. The molecule has 0 atom stereocenters. The van der Waals surface area contributed by atoms with Gasteiger partial charge in [0.25, 0.3) is 0 Å². The quantitative estimate of drug-likeness (QED) is 0.379. The van der Waals surface area contributed by atoms with Gasteiger partial charge in [-0.1, -0.05) is 0 Å². The molecule has 0 amide bonds. The maximum atomic E-state index is 10.4. The molecule has 0 aliphatic heterocycles. The molecule has 0 aliphatic rings. The van der Waals surface area contributed by atoms with Crippen molar-refractivity contribution in [3.8, 4) is 0 Å². The van der Waals surface area contributed by atoms with E-state index >= 15 is 0 Å². The van der Waals surface area contributed by atoms with E-state index in [1.165, 1.54) is 0 Å². The third kappa shape index (κ3) is 2.11. The molecule has 9 nitrogen and oxygen atoms in total. The normalized spacial score (nSPS) is 12.1. The third-order valence-corrected chi connectivity index (χ3v) is 4.52. The van der Waals surface area contributed by atoms with Gasteiger partial charge in [0, 0.05) is 0 Å². The zero-order chi connectivity index (χ0) is 11.4. The average molecular weight is 227 g/mol. The summed E-state index contributed by atoms with van der Waals surface area (Å²) in [7, 11) is -4.88. The van der Waals surface area contributed by atoms with Gasteiger partial charge in [-0.3, -0.25) is 0 Å². The van der Waals surface area contributed by atoms with E-state index in [-0.39, 0.29) is 6.42 Å². The van der Waals surface area contributed by atoms with Gasteiger partial charge in [0.15, 0.2) is 0 Å². The Morgan fingerprint density at radius 1 is 1.00 bits per heavy atom. The second-order valence-corrected chi connectivity index (χ2v) is 5.79. The van der Waals surface area contributed by atoms with Gasteiger partial charge in [-0.05, 0) is 0 Å². The molecular formula is C4H10N3O6P. The van der Waals surface area contributed by atoms with E-state index in [9.17, 15) is 30.3 Å². The topological polar surface area (TPSA) is 129 Å². The van der Waals surface area contributed by atoms with Crippen molar-refractivity contribution in [2.24, 2.45) is 0 Å². The molecule has 0 saturated heterocycles. The van der Waals surface area contributed by atoms with Gasteiger partial charge in [0.05, 0.1) is 0 Å². The van der Waals surface area contributed by atoms with E-state index < -0.39 is 28.0 Å². The molecule has 10 heteroatoms. The van der Waals surface area contributed by atoms with Gasteiger partial charge in [0.1, 0.15) is 0 Å². The minimum atomic E-state index is -4.88. The van der Waals surface area contributed by atoms with Crippen LogP contribution in [0.15, 0.2) is 0 Å². The standard InChI is InChI=1S/C4H10N3O6P/c1-2-3-4-14(5(8)9,6(10)11)7(12)13/h14H,2-4H2,1H3. The van der Waals surface area contributed by atoms with Gasteiger partial charge in [0.2, 0.25) is 0 Å². The van der Waals surface area contributed by atoms with Gasteiger partial charge in [-0.15, -0.1) is 0 Å². The Hall–Kier alpha value is -1.37. The Labute approximate surface area is 79.0 Å². The van der Waals surface area contributed by atoms with E-state index in [1.54, 1.807) is 6.92 Å². The first-order chi connectivity index (χ1) is 6.39. The van der Waals surface area contributed by atoms with Crippen molar-refractivity contribution in [2.45, 2.75) is 19.8 Å². The van der Waals surface area contributed by atoms with Crippen LogP contribution in [0, 0.1) is 30.3 Å². The first kappa shape index (κ1) is 12.6. The molecule has 14 heavy (non-hydrogen) atoms. The molecule has 0 fully saturated rings. The summed E-state index contributed by atoms with van der Waals surface area (Å²) < 4.78 is -3.95. The van der Waals surface area contributed by atoms with Gasteiger partial charge >= 0.3 is 78.1 Å². The van der Waals surface area contributed by atoms with Gasteiger partial charge in [-0.25, -0.2) is 0 Å². The predicted molar refractivity (Wildman–Crippen MR) is 49.1 cm³/mol. The molecule has 82 valence electrons. The molecule has 0 aromatic carbocycles. The minimum absolute atomic E-state index is 0.120. The maximum absolute atomic E-state index is 10.4. The second-order valence-electron chi connectivity index (χ2n) is 2.65. The molecule has 0 N–H and O–H groups in total. The molecular weight excluding hydrogens is 217 g/mol. The van der Waals surface area contributed by atoms with Crippen molar-refractivity contribution in [3.05, 3.63) is 30.3 Å². The molecule has 0 spiro atoms. The molecule has 0 bridgehead atoms.